The van der Waals surface area contributed by atoms with Crippen LogP contribution in [0.5, 0.6) is 0 Å². The van der Waals surface area contributed by atoms with Gasteiger partial charge in [-0.25, -0.2) is 0 Å². The third kappa shape index (κ3) is 3.66. The molecule has 4 aromatic rings. The van der Waals surface area contributed by atoms with E-state index in [0.717, 1.165) is 0 Å². The molecule has 0 aliphatic rings. The summed E-state index contributed by atoms with van der Waals surface area (Å²) in [7, 11) is 0. The zero-order valence-electron chi connectivity index (χ0n) is 15.9. The summed E-state index contributed by atoms with van der Waals surface area (Å²) >= 11 is 5.62. The lowest BCUT2D eigenvalue weighted by Gasteiger charge is -2.09. The molecule has 1 aromatic heterocycles. The van der Waals surface area contributed by atoms with Gasteiger partial charge in [0, 0.05) is 6.07 Å². The Labute approximate surface area is 177 Å². The number of rotatable bonds is 4. The van der Waals surface area contributed by atoms with Crippen LogP contribution in [0.4, 0.5) is 17.1 Å². The van der Waals surface area contributed by atoms with E-state index in [0.29, 0.717) is 22.7 Å². The highest BCUT2D eigenvalue weighted by molar-refractivity contribution is 7.71. The molecule has 0 amide bonds. The topological polar surface area (TPSA) is 82.0 Å². The van der Waals surface area contributed by atoms with E-state index in [1.54, 1.807) is 72.8 Å². The highest BCUT2D eigenvalue weighted by Crippen LogP contribution is 2.20. The fraction of sp³-hybridized carbons (Fsp3) is 0. The predicted octanol–water partition coefficient (Wildman–Crippen LogP) is 4.04. The van der Waals surface area contributed by atoms with E-state index in [4.69, 9.17) is 18.0 Å². The van der Waals surface area contributed by atoms with E-state index >= 15 is 0 Å². The first kappa shape index (κ1) is 19.4. The number of nitrogens with zero attached hydrogens (tertiary/aromatic N) is 2. The first-order valence-corrected chi connectivity index (χ1v) is 9.63. The van der Waals surface area contributed by atoms with Crippen molar-refractivity contribution in [1.29, 1.82) is 0 Å². The fourth-order valence-electron chi connectivity index (χ4n) is 3.12. The maximum Gasteiger partial charge on any atom is 0.281 e. The summed E-state index contributed by atoms with van der Waals surface area (Å²) in [6.07, 6.45) is 0. The molecule has 1 heterocycles. The van der Waals surface area contributed by atoms with Crippen LogP contribution in [-0.4, -0.2) is 9.13 Å². The molecule has 0 unspecified atom stereocenters. The maximum atomic E-state index is 13.5. The molecule has 30 heavy (non-hydrogen) atoms. The van der Waals surface area contributed by atoms with Gasteiger partial charge in [-0.1, -0.05) is 48.5 Å². The Morgan fingerprint density at radius 2 is 1.23 bits per heavy atom. The normalized spacial score (nSPS) is 10.5. The summed E-state index contributed by atoms with van der Waals surface area (Å²) in [6, 6.07) is 26.2. The van der Waals surface area contributed by atoms with Crippen molar-refractivity contribution in [2.24, 2.45) is 0 Å². The van der Waals surface area contributed by atoms with Crippen molar-refractivity contribution in [2.45, 2.75) is 0 Å². The van der Waals surface area contributed by atoms with Gasteiger partial charge >= 0.3 is 0 Å². The summed E-state index contributed by atoms with van der Waals surface area (Å²) in [5.41, 5.74) is 7.29. The van der Waals surface area contributed by atoms with Crippen molar-refractivity contribution in [2.75, 3.05) is 11.1 Å². The van der Waals surface area contributed by atoms with E-state index in [9.17, 15) is 9.59 Å². The van der Waals surface area contributed by atoms with E-state index in [-0.39, 0.29) is 10.5 Å². The van der Waals surface area contributed by atoms with Crippen LogP contribution in [0.1, 0.15) is 0 Å². The molecule has 0 aliphatic heterocycles. The molecule has 3 aromatic carbocycles. The largest absolute Gasteiger partial charge is 0.397 e. The lowest BCUT2D eigenvalue weighted by Crippen LogP contribution is -2.21. The van der Waals surface area contributed by atoms with E-state index in [1.807, 2.05) is 12.1 Å². The highest BCUT2D eigenvalue weighted by Gasteiger charge is 2.13. The lowest BCUT2D eigenvalue weighted by molar-refractivity contribution is 0.857. The first-order chi connectivity index (χ1) is 14.6. The second-order valence-corrected chi connectivity index (χ2v) is 6.90. The molecule has 0 bridgehead atoms. The van der Waals surface area contributed by atoms with Crippen molar-refractivity contribution >= 4 is 29.3 Å². The molecule has 0 spiro atoms. The minimum atomic E-state index is -0.457. The summed E-state index contributed by atoms with van der Waals surface area (Å²) in [4.78, 5) is 26.6. The Kier molecular flexibility index (Phi) is 5.28. The summed E-state index contributed by atoms with van der Waals surface area (Å²) in [5.74, 6) is 0. The molecule has 0 radical (unpaired) electrons. The predicted molar refractivity (Wildman–Crippen MR) is 123 cm³/mol. The third-order valence-corrected chi connectivity index (χ3v) is 4.93. The number of aromatic nitrogens is 2. The van der Waals surface area contributed by atoms with Gasteiger partial charge in [0.25, 0.3) is 11.1 Å². The number of hydrogen-bond donors (Lipinski definition) is 2. The average molecular weight is 414 g/mol. The zero-order chi connectivity index (χ0) is 21.1. The monoisotopic (exact) mass is 414 g/mol. The number of nitrogens with two attached hydrogens (primary N) is 1. The Balaban J connectivity index is 2.07. The summed E-state index contributed by atoms with van der Waals surface area (Å²) in [5, 5.41) is 3.00. The minimum absolute atomic E-state index is 0.0662. The smallest absolute Gasteiger partial charge is 0.281 e. The van der Waals surface area contributed by atoms with Gasteiger partial charge in [0.05, 0.1) is 22.7 Å². The van der Waals surface area contributed by atoms with Crippen LogP contribution in [0.25, 0.3) is 11.4 Å². The van der Waals surface area contributed by atoms with Gasteiger partial charge in [-0.2, -0.15) is 0 Å². The van der Waals surface area contributed by atoms with Crippen LogP contribution < -0.4 is 22.2 Å². The number of para-hydroxylation sites is 4. The SMILES string of the molecule is Nc1ccccc1Nc1cc(=O)n(-c2ccccc2)c(=S)n(-c2ccccc2)c1=O. The van der Waals surface area contributed by atoms with Crippen molar-refractivity contribution in [3.8, 4) is 11.4 Å². The fourth-order valence-corrected chi connectivity index (χ4v) is 3.50. The first-order valence-electron chi connectivity index (χ1n) is 9.22. The van der Waals surface area contributed by atoms with Crippen molar-refractivity contribution in [3.05, 3.63) is 116 Å². The van der Waals surface area contributed by atoms with Crippen LogP contribution in [0.3, 0.4) is 0 Å². The van der Waals surface area contributed by atoms with Crippen LogP contribution in [0.15, 0.2) is 101 Å². The van der Waals surface area contributed by atoms with Gasteiger partial charge in [0.15, 0.2) is 4.77 Å². The average Bonchev–Trinajstić information content (AvgIpc) is 2.85. The number of nitrogen functional groups attached to an aromatic ring is 1. The highest BCUT2D eigenvalue weighted by atomic mass is 32.1. The number of anilines is 3. The molecule has 0 aliphatic carbocycles. The van der Waals surface area contributed by atoms with Crippen LogP contribution in [0, 0.1) is 4.77 Å². The maximum absolute atomic E-state index is 13.5. The van der Waals surface area contributed by atoms with Crippen molar-refractivity contribution < 1.29 is 0 Å². The second-order valence-electron chi connectivity index (χ2n) is 6.54. The molecule has 0 saturated heterocycles. The molecule has 0 saturated carbocycles. The molecule has 148 valence electrons. The number of benzene rings is 3. The molecule has 3 N–H and O–H groups in total. The van der Waals surface area contributed by atoms with Crippen LogP contribution >= 0.6 is 12.2 Å². The molecule has 4 rings (SSSR count). The van der Waals surface area contributed by atoms with Gasteiger partial charge in [-0.3, -0.25) is 18.7 Å². The third-order valence-electron chi connectivity index (χ3n) is 4.56. The van der Waals surface area contributed by atoms with E-state index in [2.05, 4.69) is 5.32 Å². The molecule has 6 nitrogen and oxygen atoms in total. The second kappa shape index (κ2) is 8.18. The van der Waals surface area contributed by atoms with Crippen LogP contribution in [0.2, 0.25) is 0 Å². The molecular weight excluding hydrogens is 396 g/mol. The van der Waals surface area contributed by atoms with Gasteiger partial charge in [0.1, 0.15) is 5.69 Å². The Morgan fingerprint density at radius 3 is 1.83 bits per heavy atom. The number of hydrogen-bond acceptors (Lipinski definition) is 5. The Bertz CT molecular complexity index is 1380. The Morgan fingerprint density at radius 1 is 0.700 bits per heavy atom. The number of nitrogens with one attached hydrogen (secondary N) is 1. The summed E-state index contributed by atoms with van der Waals surface area (Å²) < 4.78 is 2.74. The molecule has 0 fully saturated rings. The Hall–Kier alpha value is -3.97. The molecular formula is C23H18N4O2S. The van der Waals surface area contributed by atoms with Crippen molar-refractivity contribution in [3.63, 3.8) is 0 Å². The van der Waals surface area contributed by atoms with Gasteiger partial charge in [0.2, 0.25) is 0 Å². The quantitative estimate of drug-likeness (QED) is 0.389. The minimum Gasteiger partial charge on any atom is -0.397 e. The molecule has 0 atom stereocenters. The lowest BCUT2D eigenvalue weighted by atomic mass is 10.2. The van der Waals surface area contributed by atoms with Gasteiger partial charge < -0.3 is 11.1 Å². The molecule has 7 heteroatoms. The van der Waals surface area contributed by atoms with Crippen LogP contribution in [-0.2, 0) is 0 Å². The summed E-state index contributed by atoms with van der Waals surface area (Å²) in [6.45, 7) is 0. The van der Waals surface area contributed by atoms with E-state index < -0.39 is 11.1 Å². The van der Waals surface area contributed by atoms with Gasteiger partial charge in [-0.05, 0) is 48.6 Å². The standard InChI is InChI=1S/C23H18N4O2S/c24-18-13-7-8-14-19(18)25-20-15-21(28)26(16-9-3-1-4-10-16)23(30)27(22(20)29)17-11-5-2-6-12-17/h1-15,25H,24H2. The van der Waals surface area contributed by atoms with Crippen molar-refractivity contribution in [1.82, 2.24) is 9.13 Å². The van der Waals surface area contributed by atoms with E-state index in [1.165, 1.54) is 15.2 Å². The van der Waals surface area contributed by atoms with Gasteiger partial charge in [-0.15, -0.1) is 0 Å². The zero-order valence-corrected chi connectivity index (χ0v) is 16.7.